The fourth-order valence-electron chi connectivity index (χ4n) is 8.10. The standard InChI is InChI=1S/C47H53BrN6O6/c1-29(33-12-10-13-34(48)24-33)50-45-37-25-41(58-3)44(59-4)36(43(37)51-30(2)52-45)14-8-6-5-7-9-23-49-26-31-17-19-32(20-18-31)28-60-40-16-11-15-35-38(40)27-54(47(35)57)39-21-22-42(55)53-46(39)56/h10-13,15-20,24-25,29,39,49H,5-9,14,21-23,26-28H2,1-4H3,(H,50,51,52)(H,53,55,56)/t29-,39?/m1/s1. The van der Waals surface area contributed by atoms with E-state index in [0.717, 1.165) is 101 Å². The number of halogens is 1. The number of anilines is 1. The molecule has 3 heterocycles. The summed E-state index contributed by atoms with van der Waals surface area (Å²) in [5.74, 6) is 2.58. The number of nitrogens with one attached hydrogen (secondary N) is 3. The lowest BCUT2D eigenvalue weighted by Gasteiger charge is -2.29. The van der Waals surface area contributed by atoms with Gasteiger partial charge in [-0.25, -0.2) is 9.97 Å². The summed E-state index contributed by atoms with van der Waals surface area (Å²) in [6, 6.07) is 23.4. The van der Waals surface area contributed by atoms with Gasteiger partial charge in [-0.15, -0.1) is 0 Å². The van der Waals surface area contributed by atoms with Crippen molar-refractivity contribution in [3.8, 4) is 17.2 Å². The highest BCUT2D eigenvalue weighted by atomic mass is 79.9. The number of amides is 3. The first-order chi connectivity index (χ1) is 29.1. The average Bonchev–Trinajstić information content (AvgIpc) is 3.58. The van der Waals surface area contributed by atoms with E-state index in [2.05, 4.69) is 75.2 Å². The van der Waals surface area contributed by atoms with Crippen molar-refractivity contribution in [3.05, 3.63) is 116 Å². The molecule has 1 fully saturated rings. The van der Waals surface area contributed by atoms with Gasteiger partial charge in [-0.1, -0.05) is 77.7 Å². The maximum absolute atomic E-state index is 13.2. The van der Waals surface area contributed by atoms with Crippen molar-refractivity contribution >= 4 is 50.4 Å². The summed E-state index contributed by atoms with van der Waals surface area (Å²) in [6.07, 6.45) is 6.85. The highest BCUT2D eigenvalue weighted by Gasteiger charge is 2.40. The molecule has 1 unspecified atom stereocenters. The van der Waals surface area contributed by atoms with Gasteiger partial charge in [0.1, 0.15) is 30.0 Å². The molecule has 0 aliphatic carbocycles. The number of aromatic nitrogens is 2. The Bertz CT molecular complexity index is 2350. The molecule has 1 aromatic heterocycles. The van der Waals surface area contributed by atoms with E-state index >= 15 is 0 Å². The minimum atomic E-state index is -0.657. The van der Waals surface area contributed by atoms with Gasteiger partial charge in [0.2, 0.25) is 11.8 Å². The van der Waals surface area contributed by atoms with Gasteiger partial charge in [0.25, 0.3) is 5.91 Å². The molecule has 60 heavy (non-hydrogen) atoms. The van der Waals surface area contributed by atoms with Crippen molar-refractivity contribution in [1.82, 2.24) is 25.5 Å². The van der Waals surface area contributed by atoms with Gasteiger partial charge in [-0.3, -0.25) is 19.7 Å². The van der Waals surface area contributed by atoms with Crippen molar-refractivity contribution in [1.29, 1.82) is 0 Å². The molecule has 3 N–H and O–H groups in total. The number of fused-ring (bicyclic) bond motifs is 2. The number of carbonyl (C=O) groups is 3. The van der Waals surface area contributed by atoms with Gasteiger partial charge in [0.05, 0.1) is 32.3 Å². The van der Waals surface area contributed by atoms with Crippen LogP contribution in [0.5, 0.6) is 17.2 Å². The van der Waals surface area contributed by atoms with E-state index in [-0.39, 0.29) is 30.8 Å². The van der Waals surface area contributed by atoms with Crippen LogP contribution in [0.4, 0.5) is 5.82 Å². The number of piperidine rings is 1. The van der Waals surface area contributed by atoms with E-state index in [4.69, 9.17) is 24.2 Å². The Morgan fingerprint density at radius 2 is 1.67 bits per heavy atom. The maximum atomic E-state index is 13.2. The Kier molecular flexibility index (Phi) is 14.0. The molecule has 12 nitrogen and oxygen atoms in total. The molecule has 2 atom stereocenters. The van der Waals surface area contributed by atoms with Crippen LogP contribution in [0, 0.1) is 6.92 Å². The van der Waals surface area contributed by atoms with Crippen LogP contribution in [0.25, 0.3) is 10.9 Å². The second kappa shape index (κ2) is 19.7. The SMILES string of the molecule is COc1cc2c(N[C@H](C)c3cccc(Br)c3)nc(C)nc2c(CCCCCCCNCc2ccc(COc3cccc4c3CN(C3CCC(=O)NC3=O)C4=O)cc2)c1OC. The number of ether oxygens (including phenoxy) is 3. The number of aryl methyl sites for hydroxylation is 2. The summed E-state index contributed by atoms with van der Waals surface area (Å²) in [6.45, 7) is 6.42. The number of carbonyl (C=O) groups excluding carboxylic acids is 3. The van der Waals surface area contributed by atoms with Gasteiger partial charge >= 0.3 is 0 Å². The Morgan fingerprint density at radius 3 is 2.43 bits per heavy atom. The maximum Gasteiger partial charge on any atom is 0.255 e. The number of benzene rings is 4. The fraction of sp³-hybridized carbons (Fsp3) is 0.383. The minimum absolute atomic E-state index is 0.0273. The van der Waals surface area contributed by atoms with Crippen LogP contribution in [-0.4, -0.2) is 59.4 Å². The molecule has 3 amide bonds. The molecular weight excluding hydrogens is 824 g/mol. The van der Waals surface area contributed by atoms with Gasteiger partial charge in [-0.05, 0) is 93.1 Å². The molecule has 0 radical (unpaired) electrons. The fourth-order valence-corrected chi connectivity index (χ4v) is 8.52. The summed E-state index contributed by atoms with van der Waals surface area (Å²) in [4.78, 5) is 48.5. The normalized spacial score (nSPS) is 15.5. The van der Waals surface area contributed by atoms with E-state index in [1.54, 1.807) is 31.3 Å². The number of imide groups is 1. The van der Waals surface area contributed by atoms with Gasteiger partial charge in [0.15, 0.2) is 11.5 Å². The first-order valence-electron chi connectivity index (χ1n) is 20.8. The number of hydrogen-bond acceptors (Lipinski definition) is 10. The summed E-state index contributed by atoms with van der Waals surface area (Å²) < 4.78 is 18.9. The van der Waals surface area contributed by atoms with Crippen molar-refractivity contribution in [2.24, 2.45) is 0 Å². The van der Waals surface area contributed by atoms with E-state index in [0.29, 0.717) is 35.9 Å². The number of methoxy groups -OCH3 is 2. The number of unbranched alkanes of at least 4 members (excludes halogenated alkanes) is 4. The quantitative estimate of drug-likeness (QED) is 0.0546. The molecule has 4 aromatic carbocycles. The summed E-state index contributed by atoms with van der Waals surface area (Å²) in [7, 11) is 3.36. The topological polar surface area (TPSA) is 144 Å². The van der Waals surface area contributed by atoms with E-state index in [9.17, 15) is 14.4 Å². The summed E-state index contributed by atoms with van der Waals surface area (Å²) in [5.41, 5.74) is 6.63. The summed E-state index contributed by atoms with van der Waals surface area (Å²) in [5, 5.41) is 10.5. The predicted octanol–water partition coefficient (Wildman–Crippen LogP) is 8.51. The third-order valence-electron chi connectivity index (χ3n) is 11.3. The molecular formula is C47H53BrN6O6. The van der Waals surface area contributed by atoms with Gasteiger partial charge < -0.3 is 29.7 Å². The Balaban J connectivity index is 0.846. The molecule has 2 aliphatic rings. The molecule has 13 heteroatoms. The smallest absolute Gasteiger partial charge is 0.255 e. The monoisotopic (exact) mass is 876 g/mol. The lowest BCUT2D eigenvalue weighted by atomic mass is 10.00. The zero-order valence-electron chi connectivity index (χ0n) is 34.7. The first kappa shape index (κ1) is 42.6. The number of hydrogen-bond donors (Lipinski definition) is 3. The highest BCUT2D eigenvalue weighted by molar-refractivity contribution is 9.10. The summed E-state index contributed by atoms with van der Waals surface area (Å²) >= 11 is 3.59. The van der Waals surface area contributed by atoms with Crippen LogP contribution >= 0.6 is 15.9 Å². The van der Waals surface area contributed by atoms with Crippen LogP contribution in [-0.2, 0) is 35.7 Å². The first-order valence-corrected chi connectivity index (χ1v) is 21.5. The Labute approximate surface area is 359 Å². The molecule has 5 aromatic rings. The predicted molar refractivity (Wildman–Crippen MR) is 235 cm³/mol. The van der Waals surface area contributed by atoms with Crippen LogP contribution < -0.4 is 30.2 Å². The van der Waals surface area contributed by atoms with Crippen molar-refractivity contribution in [2.75, 3.05) is 26.1 Å². The number of rotatable bonds is 19. The Morgan fingerprint density at radius 1 is 0.900 bits per heavy atom. The third-order valence-corrected chi connectivity index (χ3v) is 11.8. The van der Waals surface area contributed by atoms with Crippen molar-refractivity contribution in [3.63, 3.8) is 0 Å². The van der Waals surface area contributed by atoms with E-state index in [1.807, 2.05) is 31.2 Å². The molecule has 7 rings (SSSR count). The highest BCUT2D eigenvalue weighted by Crippen LogP contribution is 2.41. The minimum Gasteiger partial charge on any atom is -0.493 e. The van der Waals surface area contributed by atoms with Crippen molar-refractivity contribution < 1.29 is 28.6 Å². The third kappa shape index (κ3) is 9.90. The lowest BCUT2D eigenvalue weighted by molar-refractivity contribution is -0.136. The van der Waals surface area contributed by atoms with Crippen LogP contribution in [0.1, 0.15) is 102 Å². The van der Waals surface area contributed by atoms with Crippen LogP contribution in [0.15, 0.2) is 77.3 Å². The van der Waals surface area contributed by atoms with Gasteiger partial charge in [0, 0.05) is 39.5 Å². The number of nitrogens with zero attached hydrogens (tertiary/aromatic N) is 3. The molecule has 0 bridgehead atoms. The second-order valence-electron chi connectivity index (χ2n) is 15.5. The average molecular weight is 878 g/mol. The Hall–Kier alpha value is -5.53. The van der Waals surface area contributed by atoms with E-state index < -0.39 is 11.9 Å². The lowest BCUT2D eigenvalue weighted by Crippen LogP contribution is -2.52. The van der Waals surface area contributed by atoms with E-state index in [1.165, 1.54) is 5.56 Å². The zero-order chi connectivity index (χ0) is 42.2. The van der Waals surface area contributed by atoms with Crippen LogP contribution in [0.3, 0.4) is 0 Å². The van der Waals surface area contributed by atoms with Crippen molar-refractivity contribution in [2.45, 2.75) is 97.0 Å². The molecule has 0 spiro atoms. The second-order valence-corrected chi connectivity index (χ2v) is 16.4. The van der Waals surface area contributed by atoms with Crippen LogP contribution in [0.2, 0.25) is 0 Å². The largest absolute Gasteiger partial charge is 0.493 e. The molecule has 2 aliphatic heterocycles. The molecule has 1 saturated heterocycles. The molecule has 0 saturated carbocycles. The van der Waals surface area contributed by atoms with Gasteiger partial charge in [-0.2, -0.15) is 0 Å². The molecule has 314 valence electrons. The zero-order valence-corrected chi connectivity index (χ0v) is 36.3.